The quantitative estimate of drug-likeness (QED) is 0.841. The van der Waals surface area contributed by atoms with Crippen molar-refractivity contribution in [1.82, 2.24) is 4.90 Å². The van der Waals surface area contributed by atoms with Gasteiger partial charge in [-0.1, -0.05) is 36.8 Å². The average Bonchev–Trinajstić information content (AvgIpc) is 2.38. The number of hydrogen-bond acceptors (Lipinski definition) is 2. The van der Waals surface area contributed by atoms with E-state index in [0.717, 1.165) is 18.5 Å². The first kappa shape index (κ1) is 11.6. The molecule has 1 aliphatic heterocycles. The van der Waals surface area contributed by atoms with E-state index < -0.39 is 0 Å². The van der Waals surface area contributed by atoms with Gasteiger partial charge in [-0.2, -0.15) is 0 Å². The second-order valence-corrected chi connectivity index (χ2v) is 4.62. The highest BCUT2D eigenvalue weighted by Crippen LogP contribution is 2.17. The summed E-state index contributed by atoms with van der Waals surface area (Å²) in [4.78, 5) is 2.47. The molecule has 1 aliphatic rings. The molecule has 1 fully saturated rings. The van der Waals surface area contributed by atoms with E-state index in [4.69, 9.17) is 0 Å². The highest BCUT2D eigenvalue weighted by atomic mass is 16.3. The van der Waals surface area contributed by atoms with Crippen LogP contribution in [-0.2, 0) is 0 Å². The minimum absolute atomic E-state index is 0.303. The zero-order valence-electron chi connectivity index (χ0n) is 9.81. The Hall–Kier alpha value is -0.860. The molecule has 0 spiro atoms. The van der Waals surface area contributed by atoms with Crippen LogP contribution in [-0.4, -0.2) is 29.6 Å². The normalized spacial score (nSPS) is 19.6. The van der Waals surface area contributed by atoms with Gasteiger partial charge in [0.15, 0.2) is 0 Å². The van der Waals surface area contributed by atoms with Crippen molar-refractivity contribution in [3.8, 4) is 0 Å². The molecule has 0 aromatic heterocycles. The Morgan fingerprint density at radius 3 is 2.44 bits per heavy atom. The lowest BCUT2D eigenvalue weighted by molar-refractivity contribution is 0.134. The fourth-order valence-corrected chi connectivity index (χ4v) is 2.33. The molecule has 0 amide bonds. The van der Waals surface area contributed by atoms with E-state index in [0.29, 0.717) is 0 Å². The van der Waals surface area contributed by atoms with E-state index >= 15 is 0 Å². The topological polar surface area (TPSA) is 23.5 Å². The zero-order chi connectivity index (χ0) is 11.2. The number of rotatable bonds is 4. The monoisotopic (exact) mass is 219 g/mol. The molecule has 0 radical (unpaired) electrons. The van der Waals surface area contributed by atoms with Gasteiger partial charge in [-0.25, -0.2) is 0 Å². The summed E-state index contributed by atoms with van der Waals surface area (Å²) < 4.78 is 0. The van der Waals surface area contributed by atoms with Crippen molar-refractivity contribution < 1.29 is 5.11 Å². The molecule has 88 valence electrons. The summed E-state index contributed by atoms with van der Waals surface area (Å²) in [6.07, 6.45) is 4.56. The molecule has 1 saturated heterocycles. The van der Waals surface area contributed by atoms with Crippen molar-refractivity contribution in [2.24, 2.45) is 0 Å². The Bertz CT molecular complexity index is 293. The van der Waals surface area contributed by atoms with E-state index in [9.17, 15) is 5.11 Å². The van der Waals surface area contributed by atoms with Crippen molar-refractivity contribution in [3.63, 3.8) is 0 Å². The lowest BCUT2D eigenvalue weighted by atomic mass is 10.1. The van der Waals surface area contributed by atoms with Gasteiger partial charge in [0.05, 0.1) is 6.10 Å². The fourth-order valence-electron chi connectivity index (χ4n) is 2.33. The molecule has 1 aromatic rings. The average molecular weight is 219 g/mol. The smallest absolute Gasteiger partial charge is 0.0802 e. The maximum Gasteiger partial charge on any atom is 0.0802 e. The molecular formula is C14H21NO. The second-order valence-electron chi connectivity index (χ2n) is 4.62. The largest absolute Gasteiger partial charge is 0.388 e. The molecule has 16 heavy (non-hydrogen) atoms. The Balaban J connectivity index is 1.77. The first-order valence-corrected chi connectivity index (χ1v) is 6.31. The lowest BCUT2D eigenvalue weighted by Gasteiger charge is -2.27. The van der Waals surface area contributed by atoms with Crippen LogP contribution in [0.4, 0.5) is 0 Å². The number of nitrogens with zero attached hydrogens (tertiary/aromatic N) is 1. The minimum Gasteiger partial charge on any atom is -0.388 e. The van der Waals surface area contributed by atoms with Gasteiger partial charge in [0.1, 0.15) is 0 Å². The van der Waals surface area contributed by atoms with Crippen LogP contribution < -0.4 is 0 Å². The van der Waals surface area contributed by atoms with Crippen LogP contribution in [0.5, 0.6) is 0 Å². The molecule has 2 nitrogen and oxygen atoms in total. The first-order valence-electron chi connectivity index (χ1n) is 6.31. The summed E-state index contributed by atoms with van der Waals surface area (Å²) in [6.45, 7) is 3.44. The lowest BCUT2D eigenvalue weighted by Crippen LogP contribution is -2.31. The number of aliphatic hydroxyl groups excluding tert-OH is 1. The summed E-state index contributed by atoms with van der Waals surface area (Å²) >= 11 is 0. The van der Waals surface area contributed by atoms with Crippen LogP contribution in [0, 0.1) is 0 Å². The molecule has 1 heterocycles. The highest BCUT2D eigenvalue weighted by Gasteiger charge is 2.12. The Labute approximate surface area is 97.9 Å². The summed E-state index contributed by atoms with van der Waals surface area (Å²) in [5.41, 5.74) is 1.04. The summed E-state index contributed by atoms with van der Waals surface area (Å²) in [7, 11) is 0. The van der Waals surface area contributed by atoms with Gasteiger partial charge < -0.3 is 10.0 Å². The third-order valence-electron chi connectivity index (χ3n) is 3.35. The van der Waals surface area contributed by atoms with Gasteiger partial charge in [-0.05, 0) is 37.9 Å². The van der Waals surface area contributed by atoms with Crippen LogP contribution in [0.1, 0.15) is 37.4 Å². The van der Waals surface area contributed by atoms with Gasteiger partial charge in [0.25, 0.3) is 0 Å². The van der Waals surface area contributed by atoms with Crippen molar-refractivity contribution in [3.05, 3.63) is 35.9 Å². The molecule has 2 heteroatoms. The third-order valence-corrected chi connectivity index (χ3v) is 3.35. The molecule has 0 aliphatic carbocycles. The molecule has 1 atom stereocenters. The standard InChI is InChI=1S/C14H21NO/c16-14(13-7-3-1-4-8-13)9-12-15-10-5-2-6-11-15/h1,3-4,7-8,14,16H,2,5-6,9-12H2. The molecule has 1 aromatic carbocycles. The summed E-state index contributed by atoms with van der Waals surface area (Å²) in [5, 5.41) is 10.0. The molecular weight excluding hydrogens is 198 g/mol. The molecule has 1 N–H and O–H groups in total. The Kier molecular flexibility index (Phi) is 4.37. The Morgan fingerprint density at radius 2 is 1.75 bits per heavy atom. The summed E-state index contributed by atoms with van der Waals surface area (Å²) in [5.74, 6) is 0. The van der Waals surface area contributed by atoms with Crippen molar-refractivity contribution in [2.75, 3.05) is 19.6 Å². The number of aliphatic hydroxyl groups is 1. The van der Waals surface area contributed by atoms with E-state index in [1.54, 1.807) is 0 Å². The van der Waals surface area contributed by atoms with Crippen LogP contribution >= 0.6 is 0 Å². The molecule has 1 unspecified atom stereocenters. The van der Waals surface area contributed by atoms with Crippen molar-refractivity contribution >= 4 is 0 Å². The van der Waals surface area contributed by atoms with Crippen LogP contribution in [0.2, 0.25) is 0 Å². The van der Waals surface area contributed by atoms with E-state index in [-0.39, 0.29) is 6.10 Å². The van der Waals surface area contributed by atoms with Gasteiger partial charge >= 0.3 is 0 Å². The second kappa shape index (κ2) is 6.02. The van der Waals surface area contributed by atoms with E-state index in [1.807, 2.05) is 30.3 Å². The van der Waals surface area contributed by atoms with Gasteiger partial charge in [0, 0.05) is 6.54 Å². The maximum absolute atomic E-state index is 10.0. The third kappa shape index (κ3) is 3.32. The van der Waals surface area contributed by atoms with Crippen LogP contribution in [0.3, 0.4) is 0 Å². The van der Waals surface area contributed by atoms with Gasteiger partial charge in [-0.3, -0.25) is 0 Å². The zero-order valence-corrected chi connectivity index (χ0v) is 9.81. The molecule has 0 bridgehead atoms. The Morgan fingerprint density at radius 1 is 1.06 bits per heavy atom. The number of hydrogen-bond donors (Lipinski definition) is 1. The van der Waals surface area contributed by atoms with E-state index in [2.05, 4.69) is 4.90 Å². The van der Waals surface area contributed by atoms with Gasteiger partial charge in [-0.15, -0.1) is 0 Å². The molecule has 2 rings (SSSR count). The SMILES string of the molecule is OC(CCN1CCCCC1)c1ccccc1. The maximum atomic E-state index is 10.0. The van der Waals surface area contributed by atoms with Crippen LogP contribution in [0.15, 0.2) is 30.3 Å². The summed E-state index contributed by atoms with van der Waals surface area (Å²) in [6, 6.07) is 9.96. The minimum atomic E-state index is -0.303. The van der Waals surface area contributed by atoms with E-state index in [1.165, 1.54) is 32.4 Å². The van der Waals surface area contributed by atoms with Crippen molar-refractivity contribution in [1.29, 1.82) is 0 Å². The number of piperidine rings is 1. The van der Waals surface area contributed by atoms with Crippen molar-refractivity contribution in [2.45, 2.75) is 31.8 Å². The van der Waals surface area contributed by atoms with Gasteiger partial charge in [0.2, 0.25) is 0 Å². The number of benzene rings is 1. The highest BCUT2D eigenvalue weighted by molar-refractivity contribution is 5.17. The number of likely N-dealkylation sites (tertiary alicyclic amines) is 1. The fraction of sp³-hybridized carbons (Fsp3) is 0.571. The predicted octanol–water partition coefficient (Wildman–Crippen LogP) is 2.60. The predicted molar refractivity (Wildman–Crippen MR) is 66.3 cm³/mol. The van der Waals surface area contributed by atoms with Crippen LogP contribution in [0.25, 0.3) is 0 Å². The molecule has 0 saturated carbocycles. The first-order chi connectivity index (χ1) is 7.86.